The van der Waals surface area contributed by atoms with E-state index in [0.717, 1.165) is 11.1 Å². The van der Waals surface area contributed by atoms with E-state index in [2.05, 4.69) is 26.6 Å². The van der Waals surface area contributed by atoms with Crippen molar-refractivity contribution in [3.05, 3.63) is 71.8 Å². The van der Waals surface area contributed by atoms with E-state index in [9.17, 15) is 24.0 Å². The number of amides is 5. The third-order valence-electron chi connectivity index (χ3n) is 7.83. The van der Waals surface area contributed by atoms with Crippen LogP contribution in [0.5, 0.6) is 0 Å². The third kappa shape index (κ3) is 13.9. The number of carbonyl (C=O) groups excluding carboxylic acids is 5. The van der Waals surface area contributed by atoms with Gasteiger partial charge >= 0.3 is 0 Å². The molecule has 0 aliphatic carbocycles. The Bertz CT molecular complexity index is 1320. The number of nitrogens with one attached hydrogen (secondary N) is 5. The van der Waals surface area contributed by atoms with Gasteiger partial charge in [0, 0.05) is 19.4 Å². The number of carbonyl (C=O) groups is 5. The smallest absolute Gasteiger partial charge is 0.243 e. The van der Waals surface area contributed by atoms with Gasteiger partial charge in [-0.15, -0.1) is 0 Å². The summed E-state index contributed by atoms with van der Waals surface area (Å²) in [6.45, 7) is 13.7. The molecule has 48 heavy (non-hydrogen) atoms. The molecule has 0 unspecified atom stereocenters. The lowest BCUT2D eigenvalue weighted by Gasteiger charge is -2.28. The van der Waals surface area contributed by atoms with Crippen LogP contribution in [0.3, 0.4) is 0 Å². The zero-order valence-electron chi connectivity index (χ0n) is 29.5. The number of nitrogens with two attached hydrogens (primary N) is 1. The van der Waals surface area contributed by atoms with Crippen LogP contribution < -0.4 is 32.3 Å². The van der Waals surface area contributed by atoms with Crippen molar-refractivity contribution < 1.29 is 24.0 Å². The van der Waals surface area contributed by atoms with Gasteiger partial charge in [0.15, 0.2) is 0 Å². The minimum atomic E-state index is -1.08. The molecule has 2 rings (SSSR count). The monoisotopic (exact) mass is 664 g/mol. The predicted octanol–water partition coefficient (Wildman–Crippen LogP) is 2.62. The van der Waals surface area contributed by atoms with E-state index < -0.39 is 53.8 Å². The third-order valence-corrected chi connectivity index (χ3v) is 7.83. The van der Waals surface area contributed by atoms with Crippen LogP contribution in [0, 0.1) is 17.8 Å². The Morgan fingerprint density at radius 3 is 1.42 bits per heavy atom. The summed E-state index contributed by atoms with van der Waals surface area (Å²) in [5, 5.41) is 14.1. The first kappa shape index (κ1) is 39.9. The van der Waals surface area contributed by atoms with Gasteiger partial charge < -0.3 is 32.3 Å². The fourth-order valence-electron chi connectivity index (χ4n) is 5.33. The van der Waals surface area contributed by atoms with E-state index in [1.165, 1.54) is 0 Å². The molecular weight excluding hydrogens is 608 g/mol. The Hall–Kier alpha value is -4.25. The van der Waals surface area contributed by atoms with Gasteiger partial charge in [-0.3, -0.25) is 24.0 Å². The summed E-state index contributed by atoms with van der Waals surface area (Å²) in [5.41, 5.74) is 7.69. The first-order valence-corrected chi connectivity index (χ1v) is 17.0. The number of likely N-dealkylation sites (N-methyl/N-ethyl adjacent to an activating group) is 1. The van der Waals surface area contributed by atoms with Crippen LogP contribution in [0.2, 0.25) is 0 Å². The van der Waals surface area contributed by atoms with Crippen molar-refractivity contribution in [1.82, 2.24) is 26.6 Å². The second-order valence-corrected chi connectivity index (χ2v) is 13.6. The average Bonchev–Trinajstić information content (AvgIpc) is 3.02. The predicted molar refractivity (Wildman–Crippen MR) is 188 cm³/mol. The fourth-order valence-corrected chi connectivity index (χ4v) is 5.33. The lowest BCUT2D eigenvalue weighted by atomic mass is 9.98. The topological polar surface area (TPSA) is 172 Å². The zero-order valence-corrected chi connectivity index (χ0v) is 29.5. The lowest BCUT2D eigenvalue weighted by Crippen LogP contribution is -2.60. The molecule has 5 amide bonds. The molecule has 11 nitrogen and oxygen atoms in total. The molecule has 7 N–H and O–H groups in total. The quantitative estimate of drug-likeness (QED) is 0.135. The maximum Gasteiger partial charge on any atom is 0.243 e. The van der Waals surface area contributed by atoms with E-state index >= 15 is 0 Å². The van der Waals surface area contributed by atoms with Crippen molar-refractivity contribution in [1.29, 1.82) is 0 Å². The van der Waals surface area contributed by atoms with Crippen molar-refractivity contribution in [2.45, 2.75) is 104 Å². The number of hydrogen-bond acceptors (Lipinski definition) is 6. The normalized spacial score (nSPS) is 14.4. The summed E-state index contributed by atoms with van der Waals surface area (Å²) >= 11 is 0. The van der Waals surface area contributed by atoms with Gasteiger partial charge in [-0.25, -0.2) is 0 Å². The molecule has 0 aliphatic rings. The van der Waals surface area contributed by atoms with Gasteiger partial charge in [0.1, 0.15) is 24.2 Å². The summed E-state index contributed by atoms with van der Waals surface area (Å²) in [5.74, 6) is -2.35. The average molecular weight is 665 g/mol. The maximum absolute atomic E-state index is 14.0. The van der Waals surface area contributed by atoms with Crippen LogP contribution in [-0.2, 0) is 36.8 Å². The van der Waals surface area contributed by atoms with E-state index in [1.54, 1.807) is 20.8 Å². The first-order chi connectivity index (χ1) is 22.7. The van der Waals surface area contributed by atoms with Crippen LogP contribution in [-0.4, -0.2) is 66.3 Å². The lowest BCUT2D eigenvalue weighted by molar-refractivity contribution is -0.135. The molecule has 0 fully saturated rings. The van der Waals surface area contributed by atoms with Gasteiger partial charge in [0.25, 0.3) is 0 Å². The van der Waals surface area contributed by atoms with Crippen molar-refractivity contribution in [2.75, 3.05) is 6.54 Å². The summed E-state index contributed by atoms with van der Waals surface area (Å²) in [7, 11) is 0. The van der Waals surface area contributed by atoms with Crippen molar-refractivity contribution >= 4 is 29.5 Å². The Morgan fingerprint density at radius 2 is 1.00 bits per heavy atom. The van der Waals surface area contributed by atoms with E-state index in [1.807, 2.05) is 88.4 Å². The van der Waals surface area contributed by atoms with E-state index in [4.69, 9.17) is 5.73 Å². The highest BCUT2D eigenvalue weighted by Gasteiger charge is 2.33. The molecule has 0 saturated heterocycles. The van der Waals surface area contributed by atoms with Gasteiger partial charge in [0.05, 0.1) is 6.04 Å². The highest BCUT2D eigenvalue weighted by molar-refractivity contribution is 5.96. The maximum atomic E-state index is 14.0. The number of hydrogen-bond donors (Lipinski definition) is 6. The van der Waals surface area contributed by atoms with Crippen LogP contribution >= 0.6 is 0 Å². The molecule has 0 spiro atoms. The summed E-state index contributed by atoms with van der Waals surface area (Å²) in [6.07, 6.45) is 1.17. The Kier molecular flexibility index (Phi) is 16.8. The molecule has 264 valence electrons. The first-order valence-electron chi connectivity index (χ1n) is 17.0. The number of benzene rings is 2. The molecule has 2 aromatic rings. The molecule has 0 bridgehead atoms. The second-order valence-electron chi connectivity index (χ2n) is 13.6. The summed E-state index contributed by atoms with van der Waals surface area (Å²) in [4.78, 5) is 67.2. The molecule has 0 radical (unpaired) electrons. The van der Waals surface area contributed by atoms with Crippen LogP contribution in [0.15, 0.2) is 60.7 Å². The minimum Gasteiger partial charge on any atom is -0.355 e. The Labute approximate surface area is 286 Å². The van der Waals surface area contributed by atoms with E-state index in [-0.39, 0.29) is 36.5 Å². The Morgan fingerprint density at radius 1 is 0.562 bits per heavy atom. The van der Waals surface area contributed by atoms with Gasteiger partial charge in [-0.1, -0.05) is 102 Å². The van der Waals surface area contributed by atoms with E-state index in [0.29, 0.717) is 19.4 Å². The molecule has 0 heterocycles. The van der Waals surface area contributed by atoms with Crippen molar-refractivity contribution in [3.63, 3.8) is 0 Å². The molecule has 2 aromatic carbocycles. The van der Waals surface area contributed by atoms with Gasteiger partial charge in [0.2, 0.25) is 29.5 Å². The molecular formula is C37H56N6O5. The zero-order chi connectivity index (χ0) is 35.8. The van der Waals surface area contributed by atoms with Crippen molar-refractivity contribution in [2.24, 2.45) is 23.5 Å². The van der Waals surface area contributed by atoms with Crippen molar-refractivity contribution in [3.8, 4) is 0 Å². The molecule has 5 atom stereocenters. The SMILES string of the molecule is CCNC(=O)[C@H](CC(C)C)NC(=O)[C@H](Cc1ccccc1)NC(=O)[C@H](Cc1ccccc1)NC(=O)[C@@H](NC(=O)[C@@H](N)CC(C)C)C(C)C. The van der Waals surface area contributed by atoms with Crippen LogP contribution in [0.1, 0.15) is 72.4 Å². The fraction of sp³-hybridized carbons (Fsp3) is 0.541. The molecule has 0 saturated carbocycles. The largest absolute Gasteiger partial charge is 0.355 e. The molecule has 0 aliphatic heterocycles. The van der Waals surface area contributed by atoms with Crippen LogP contribution in [0.25, 0.3) is 0 Å². The summed E-state index contributed by atoms with van der Waals surface area (Å²) < 4.78 is 0. The highest BCUT2D eigenvalue weighted by Crippen LogP contribution is 2.11. The second kappa shape index (κ2) is 20.2. The van der Waals surface area contributed by atoms with Gasteiger partial charge in [-0.2, -0.15) is 0 Å². The standard InChI is InChI=1S/C37H56N6O5/c1-8-39-34(45)29(20-24(4)5)40-35(46)30(21-26-15-11-9-12-16-26)41-36(47)31(22-27-17-13-10-14-18-27)42-37(48)32(25(6)7)43-33(44)28(38)19-23(2)3/h9-18,23-25,28-32H,8,19-22,38H2,1-7H3,(H,39,45)(H,40,46)(H,41,47)(H,42,48)(H,43,44)/t28-,29-,30-,31-,32-/m0/s1. The molecule has 0 aromatic heterocycles. The van der Waals surface area contributed by atoms with Crippen LogP contribution in [0.4, 0.5) is 0 Å². The Balaban J connectivity index is 2.38. The summed E-state index contributed by atoms with van der Waals surface area (Å²) in [6, 6.07) is 13.8. The number of rotatable bonds is 19. The van der Waals surface area contributed by atoms with Gasteiger partial charge in [-0.05, 0) is 48.6 Å². The minimum absolute atomic E-state index is 0.125. The highest BCUT2D eigenvalue weighted by atomic mass is 16.2. The molecule has 11 heteroatoms.